The van der Waals surface area contributed by atoms with Gasteiger partial charge >= 0.3 is 0 Å². The van der Waals surface area contributed by atoms with Crippen LogP contribution in [0.3, 0.4) is 0 Å². The van der Waals surface area contributed by atoms with Crippen molar-refractivity contribution >= 4 is 33.6 Å². The number of nitrogens with one attached hydrogen (secondary N) is 4. The third-order valence-corrected chi connectivity index (χ3v) is 11.3. The van der Waals surface area contributed by atoms with Gasteiger partial charge in [0.15, 0.2) is 0 Å². The minimum atomic E-state index is -2.69. The number of fused-ring (bicyclic) bond motifs is 2. The lowest BCUT2D eigenvalue weighted by Gasteiger charge is -2.29. The van der Waals surface area contributed by atoms with Crippen molar-refractivity contribution in [2.75, 3.05) is 0 Å². The number of H-pyrrole nitrogens is 2. The molecule has 54 heavy (non-hydrogen) atoms. The molecule has 0 radical (unpaired) electrons. The minimum absolute atomic E-state index is 0.0296. The molecule has 4 N–H and O–H groups in total. The van der Waals surface area contributed by atoms with Crippen LogP contribution in [0.2, 0.25) is 0 Å². The van der Waals surface area contributed by atoms with Crippen molar-refractivity contribution in [3.05, 3.63) is 72.4 Å². The molecule has 7 rings (SSSR count). The van der Waals surface area contributed by atoms with Crippen LogP contribution in [0.15, 0.2) is 60.8 Å². The van der Waals surface area contributed by atoms with Gasteiger partial charge in [-0.2, -0.15) is 0 Å². The smallest absolute Gasteiger partial charge is 0.248 e. The molecule has 3 aromatic carbocycles. The van der Waals surface area contributed by atoms with E-state index >= 15 is 0 Å². The standard InChI is InChI=1S/C42H48F4N6O2/c1-23(2)35(51-39(53)25-11-15-41(43,44)16-12-25)37-47-22-34(50-37)31-8-7-27-19-28(5-6-29(27)20-31)30-9-10-32-33(21-30)49-38(48-32)36(24(3)4)52-40(54)26-13-17-42(45,46)18-14-26/h5-10,19-26,35-36H,11-18H2,1-4H3,(H,47,50)(H,48,49)(H,51,53)(H,52,54)/t35-,36?/m0/s1. The molecule has 2 saturated carbocycles. The third-order valence-electron chi connectivity index (χ3n) is 11.3. The van der Waals surface area contributed by atoms with E-state index in [0.717, 1.165) is 44.2 Å². The monoisotopic (exact) mass is 744 g/mol. The summed E-state index contributed by atoms with van der Waals surface area (Å²) in [6.45, 7) is 7.99. The Balaban J connectivity index is 1.05. The first kappa shape index (κ1) is 37.6. The summed E-state index contributed by atoms with van der Waals surface area (Å²) in [6.07, 6.45) is 1.45. The predicted molar refractivity (Wildman–Crippen MR) is 202 cm³/mol. The van der Waals surface area contributed by atoms with Crippen molar-refractivity contribution in [1.82, 2.24) is 30.6 Å². The Hall–Kier alpha value is -4.74. The number of carbonyl (C=O) groups excluding carboxylic acids is 2. The highest BCUT2D eigenvalue weighted by Gasteiger charge is 2.39. The Morgan fingerprint density at radius 2 is 1.15 bits per heavy atom. The third kappa shape index (κ3) is 8.17. The largest absolute Gasteiger partial charge is 0.346 e. The van der Waals surface area contributed by atoms with Crippen LogP contribution in [-0.2, 0) is 9.59 Å². The average Bonchev–Trinajstić information content (AvgIpc) is 3.79. The van der Waals surface area contributed by atoms with E-state index in [0.29, 0.717) is 11.6 Å². The number of benzene rings is 3. The van der Waals surface area contributed by atoms with Gasteiger partial charge < -0.3 is 20.6 Å². The van der Waals surface area contributed by atoms with Crippen LogP contribution in [0.5, 0.6) is 0 Å². The normalized spacial score (nSPS) is 19.0. The number of amides is 2. The van der Waals surface area contributed by atoms with Crippen molar-refractivity contribution in [2.24, 2.45) is 23.7 Å². The number of hydrogen-bond donors (Lipinski definition) is 4. The molecule has 8 nitrogen and oxygen atoms in total. The van der Waals surface area contributed by atoms with Gasteiger partial charge in [0.1, 0.15) is 11.6 Å². The van der Waals surface area contributed by atoms with Crippen LogP contribution in [-0.4, -0.2) is 43.6 Å². The Morgan fingerprint density at radius 1 is 0.667 bits per heavy atom. The Bertz CT molecular complexity index is 2140. The van der Waals surface area contributed by atoms with Gasteiger partial charge in [0.25, 0.3) is 0 Å². The van der Waals surface area contributed by atoms with E-state index in [1.807, 2.05) is 52.0 Å². The van der Waals surface area contributed by atoms with Crippen LogP contribution in [0.25, 0.3) is 44.2 Å². The topological polar surface area (TPSA) is 116 Å². The van der Waals surface area contributed by atoms with E-state index < -0.39 is 23.7 Å². The fourth-order valence-electron chi connectivity index (χ4n) is 7.84. The van der Waals surface area contributed by atoms with Crippen LogP contribution >= 0.6 is 0 Å². The molecule has 0 aliphatic heterocycles. The van der Waals surface area contributed by atoms with Gasteiger partial charge in [-0.3, -0.25) is 9.59 Å². The van der Waals surface area contributed by atoms with Crippen molar-refractivity contribution in [3.63, 3.8) is 0 Å². The van der Waals surface area contributed by atoms with Crippen molar-refractivity contribution < 1.29 is 27.2 Å². The second-order valence-corrected chi connectivity index (χ2v) is 16.0. The van der Waals surface area contributed by atoms with Crippen molar-refractivity contribution in [2.45, 2.75) is 103 Å². The highest BCUT2D eigenvalue weighted by Crippen LogP contribution is 2.38. The molecule has 0 bridgehead atoms. The summed E-state index contributed by atoms with van der Waals surface area (Å²) in [6, 6.07) is 17.7. The van der Waals surface area contributed by atoms with Gasteiger partial charge in [0, 0.05) is 43.1 Å². The highest BCUT2D eigenvalue weighted by atomic mass is 19.3. The summed E-state index contributed by atoms with van der Waals surface area (Å²) in [5.41, 5.74) is 5.38. The molecule has 2 atom stereocenters. The van der Waals surface area contributed by atoms with Gasteiger partial charge in [0.2, 0.25) is 23.7 Å². The van der Waals surface area contributed by atoms with E-state index in [1.165, 1.54) is 0 Å². The maximum Gasteiger partial charge on any atom is 0.248 e. The van der Waals surface area contributed by atoms with Crippen LogP contribution < -0.4 is 10.6 Å². The lowest BCUT2D eigenvalue weighted by molar-refractivity contribution is -0.131. The lowest BCUT2D eigenvalue weighted by Crippen LogP contribution is -2.39. The predicted octanol–water partition coefficient (Wildman–Crippen LogP) is 10.1. The molecule has 2 amide bonds. The lowest BCUT2D eigenvalue weighted by atomic mass is 9.86. The Kier molecular flexibility index (Phi) is 10.3. The molecule has 2 fully saturated rings. The molecule has 2 heterocycles. The zero-order valence-corrected chi connectivity index (χ0v) is 31.1. The first-order chi connectivity index (χ1) is 25.6. The molecular weight excluding hydrogens is 696 g/mol. The number of carbonyl (C=O) groups is 2. The van der Waals surface area contributed by atoms with E-state index in [-0.39, 0.29) is 87.1 Å². The maximum atomic E-state index is 13.7. The zero-order chi connectivity index (χ0) is 38.4. The summed E-state index contributed by atoms with van der Waals surface area (Å²) in [4.78, 5) is 42.3. The fourth-order valence-corrected chi connectivity index (χ4v) is 7.84. The molecule has 2 aliphatic carbocycles. The Labute approximate surface area is 312 Å². The number of alkyl halides is 4. The van der Waals surface area contributed by atoms with E-state index in [1.54, 1.807) is 6.20 Å². The number of aromatic nitrogens is 4. The van der Waals surface area contributed by atoms with E-state index in [2.05, 4.69) is 55.9 Å². The first-order valence-electron chi connectivity index (χ1n) is 19.1. The number of nitrogens with zero attached hydrogens (tertiary/aromatic N) is 2. The molecule has 5 aromatic rings. The summed E-state index contributed by atoms with van der Waals surface area (Å²) >= 11 is 0. The zero-order valence-electron chi connectivity index (χ0n) is 31.1. The molecular formula is C42H48F4N6O2. The molecule has 2 aromatic heterocycles. The van der Waals surface area contributed by atoms with Crippen molar-refractivity contribution in [1.29, 1.82) is 0 Å². The molecule has 2 aliphatic rings. The Morgan fingerprint density at radius 3 is 1.70 bits per heavy atom. The van der Waals surface area contributed by atoms with Gasteiger partial charge in [0.05, 0.1) is 35.0 Å². The average molecular weight is 745 g/mol. The van der Waals surface area contributed by atoms with Crippen LogP contribution in [0, 0.1) is 23.7 Å². The molecule has 286 valence electrons. The molecule has 0 spiro atoms. The number of imidazole rings is 2. The molecule has 1 unspecified atom stereocenters. The number of halogens is 4. The summed E-state index contributed by atoms with van der Waals surface area (Å²) < 4.78 is 54.7. The first-order valence-corrected chi connectivity index (χ1v) is 19.1. The second kappa shape index (κ2) is 14.8. The number of rotatable bonds is 10. The number of hydrogen-bond acceptors (Lipinski definition) is 4. The molecule has 0 saturated heterocycles. The van der Waals surface area contributed by atoms with E-state index in [4.69, 9.17) is 4.98 Å². The van der Waals surface area contributed by atoms with Gasteiger partial charge in [-0.05, 0) is 83.7 Å². The van der Waals surface area contributed by atoms with Crippen molar-refractivity contribution in [3.8, 4) is 22.4 Å². The highest BCUT2D eigenvalue weighted by molar-refractivity contribution is 5.92. The second-order valence-electron chi connectivity index (χ2n) is 16.0. The quantitative estimate of drug-likeness (QED) is 0.107. The number of aromatic amines is 2. The van der Waals surface area contributed by atoms with Crippen LogP contribution in [0.4, 0.5) is 17.6 Å². The minimum Gasteiger partial charge on any atom is -0.346 e. The molecule has 12 heteroatoms. The van der Waals surface area contributed by atoms with Gasteiger partial charge in [-0.25, -0.2) is 27.5 Å². The fraction of sp³-hybridized carbons (Fsp3) is 0.476. The maximum absolute atomic E-state index is 13.7. The summed E-state index contributed by atoms with van der Waals surface area (Å²) in [7, 11) is 0. The van der Waals surface area contributed by atoms with Crippen LogP contribution in [0.1, 0.15) is 103 Å². The van der Waals surface area contributed by atoms with Gasteiger partial charge in [-0.1, -0.05) is 58.0 Å². The SMILES string of the molecule is CC(C)C(NC(=O)C1CCC(F)(F)CC1)c1nc2ccc(-c3ccc4cc(-c5cnc([C@@H](NC(=O)C6CCC(F)(F)CC6)C(C)C)[nH]5)ccc4c3)cc2[nH]1. The van der Waals surface area contributed by atoms with E-state index in [9.17, 15) is 27.2 Å². The van der Waals surface area contributed by atoms with Gasteiger partial charge in [-0.15, -0.1) is 0 Å². The summed E-state index contributed by atoms with van der Waals surface area (Å²) in [5.74, 6) is -5.29. The summed E-state index contributed by atoms with van der Waals surface area (Å²) in [5, 5.41) is 8.24.